The third kappa shape index (κ3) is 4.83. The van der Waals surface area contributed by atoms with Crippen LogP contribution in [0.25, 0.3) is 0 Å². The van der Waals surface area contributed by atoms with Gasteiger partial charge in [0.25, 0.3) is 0 Å². The Morgan fingerprint density at radius 1 is 1.41 bits per heavy atom. The van der Waals surface area contributed by atoms with Crippen molar-refractivity contribution in [2.75, 3.05) is 13.6 Å². The van der Waals surface area contributed by atoms with Gasteiger partial charge in [-0.2, -0.15) is 4.98 Å². The molecule has 0 atom stereocenters. The van der Waals surface area contributed by atoms with Crippen LogP contribution in [0.1, 0.15) is 45.8 Å². The summed E-state index contributed by atoms with van der Waals surface area (Å²) in [4.78, 5) is 6.49. The smallest absolute Gasteiger partial charge is 0.240 e. The van der Waals surface area contributed by atoms with E-state index in [1.165, 1.54) is 6.42 Å². The molecule has 0 aromatic carbocycles. The molecule has 5 nitrogen and oxygen atoms in total. The molecule has 1 aromatic heterocycles. The first kappa shape index (κ1) is 14.1. The lowest BCUT2D eigenvalue weighted by atomic mass is 10.1. The molecule has 5 heteroatoms. The average molecular weight is 240 g/mol. The summed E-state index contributed by atoms with van der Waals surface area (Å²) in [5, 5.41) is 3.90. The molecule has 1 aromatic rings. The Balaban J connectivity index is 2.49. The van der Waals surface area contributed by atoms with Gasteiger partial charge < -0.3 is 10.3 Å². The van der Waals surface area contributed by atoms with Crippen LogP contribution in [-0.4, -0.2) is 28.6 Å². The zero-order valence-corrected chi connectivity index (χ0v) is 11.5. The lowest BCUT2D eigenvalue weighted by Crippen LogP contribution is -2.30. The third-order valence-electron chi connectivity index (χ3n) is 2.54. The highest BCUT2D eigenvalue weighted by Crippen LogP contribution is 2.13. The maximum atomic E-state index is 5.90. The van der Waals surface area contributed by atoms with E-state index in [1.54, 1.807) is 0 Å². The van der Waals surface area contributed by atoms with Crippen LogP contribution in [-0.2, 0) is 12.1 Å². The fourth-order valence-electron chi connectivity index (χ4n) is 1.37. The van der Waals surface area contributed by atoms with E-state index in [2.05, 4.69) is 35.9 Å². The van der Waals surface area contributed by atoms with Gasteiger partial charge in [-0.25, -0.2) is 0 Å². The van der Waals surface area contributed by atoms with Crippen molar-refractivity contribution in [1.82, 2.24) is 15.0 Å². The molecule has 0 radical (unpaired) electrons. The zero-order chi connectivity index (χ0) is 13.1. The molecule has 0 fully saturated rings. The molecular weight excluding hydrogens is 216 g/mol. The van der Waals surface area contributed by atoms with Gasteiger partial charge >= 0.3 is 0 Å². The van der Waals surface area contributed by atoms with Gasteiger partial charge in [-0.1, -0.05) is 19.0 Å². The van der Waals surface area contributed by atoms with Crippen molar-refractivity contribution in [2.24, 2.45) is 11.7 Å². The summed E-state index contributed by atoms with van der Waals surface area (Å²) in [6.45, 7) is 9.87. The molecule has 0 saturated heterocycles. The molecule has 0 aliphatic carbocycles. The van der Waals surface area contributed by atoms with Crippen molar-refractivity contribution in [2.45, 2.75) is 46.2 Å². The highest BCUT2D eigenvalue weighted by atomic mass is 16.5. The lowest BCUT2D eigenvalue weighted by molar-refractivity contribution is 0.254. The molecule has 1 rings (SSSR count). The van der Waals surface area contributed by atoms with E-state index in [4.69, 9.17) is 10.3 Å². The molecule has 0 bridgehead atoms. The van der Waals surface area contributed by atoms with E-state index in [9.17, 15) is 0 Å². The van der Waals surface area contributed by atoms with E-state index in [1.807, 2.05) is 13.8 Å². The quantitative estimate of drug-likeness (QED) is 0.820. The molecule has 2 N–H and O–H groups in total. The Labute approximate surface area is 103 Å². The minimum absolute atomic E-state index is 0.543. The van der Waals surface area contributed by atoms with Crippen molar-refractivity contribution in [1.29, 1.82) is 0 Å². The summed E-state index contributed by atoms with van der Waals surface area (Å²) in [6, 6.07) is 0. The topological polar surface area (TPSA) is 68.2 Å². The zero-order valence-electron chi connectivity index (χ0n) is 11.5. The number of hydrogen-bond donors (Lipinski definition) is 1. The van der Waals surface area contributed by atoms with Crippen LogP contribution >= 0.6 is 0 Å². The molecule has 0 spiro atoms. The second kappa shape index (κ2) is 5.60. The number of nitrogens with two attached hydrogens (primary N) is 1. The molecule has 0 aliphatic heterocycles. The monoisotopic (exact) mass is 240 g/mol. The second-order valence-electron chi connectivity index (χ2n) is 5.65. The normalized spacial score (nSPS) is 12.7. The van der Waals surface area contributed by atoms with E-state index >= 15 is 0 Å². The third-order valence-corrected chi connectivity index (χ3v) is 2.54. The molecule has 1 heterocycles. The van der Waals surface area contributed by atoms with E-state index in [0.29, 0.717) is 24.2 Å². The van der Waals surface area contributed by atoms with Crippen LogP contribution in [0, 0.1) is 5.92 Å². The Morgan fingerprint density at radius 2 is 2.06 bits per heavy atom. The fraction of sp³-hybridized carbons (Fsp3) is 0.833. The molecule has 0 aliphatic rings. The van der Waals surface area contributed by atoms with Crippen molar-refractivity contribution in [3.8, 4) is 0 Å². The molecule has 0 unspecified atom stereocenters. The largest absolute Gasteiger partial charge is 0.338 e. The van der Waals surface area contributed by atoms with Gasteiger partial charge in [0.05, 0.1) is 12.1 Å². The minimum atomic E-state index is -0.543. The van der Waals surface area contributed by atoms with Crippen LogP contribution in [0.2, 0.25) is 0 Å². The van der Waals surface area contributed by atoms with Crippen molar-refractivity contribution >= 4 is 0 Å². The number of nitrogens with zero attached hydrogens (tertiary/aromatic N) is 3. The molecular formula is C12H24N4O. The van der Waals surface area contributed by atoms with Gasteiger partial charge in [-0.15, -0.1) is 0 Å². The molecule has 17 heavy (non-hydrogen) atoms. The summed E-state index contributed by atoms with van der Waals surface area (Å²) in [7, 11) is 2.06. The summed E-state index contributed by atoms with van der Waals surface area (Å²) >= 11 is 0. The van der Waals surface area contributed by atoms with Gasteiger partial charge in [0.15, 0.2) is 5.82 Å². The van der Waals surface area contributed by atoms with Crippen molar-refractivity contribution < 1.29 is 4.52 Å². The maximum Gasteiger partial charge on any atom is 0.240 e. The van der Waals surface area contributed by atoms with Crippen LogP contribution < -0.4 is 5.73 Å². The van der Waals surface area contributed by atoms with Gasteiger partial charge in [-0.05, 0) is 39.8 Å². The number of hydrogen-bond acceptors (Lipinski definition) is 5. The Bertz CT molecular complexity index is 341. The van der Waals surface area contributed by atoms with E-state index in [0.717, 1.165) is 6.54 Å². The number of aromatic nitrogens is 2. The molecule has 98 valence electrons. The van der Waals surface area contributed by atoms with Crippen LogP contribution in [0.4, 0.5) is 0 Å². The van der Waals surface area contributed by atoms with Gasteiger partial charge in [0.2, 0.25) is 5.89 Å². The first-order chi connectivity index (χ1) is 7.79. The van der Waals surface area contributed by atoms with E-state index in [-0.39, 0.29) is 0 Å². The Hall–Kier alpha value is -0.940. The first-order valence-corrected chi connectivity index (χ1v) is 6.09. The Kier molecular flexibility index (Phi) is 4.65. The standard InChI is InChI=1S/C12H24N4O/c1-9(2)6-7-16(5)8-10-14-11(15-17-10)12(3,4)13/h9H,6-8,13H2,1-5H3. The van der Waals surface area contributed by atoms with Gasteiger partial charge in [-0.3, -0.25) is 4.90 Å². The maximum absolute atomic E-state index is 5.90. The minimum Gasteiger partial charge on any atom is -0.338 e. The average Bonchev–Trinajstić information content (AvgIpc) is 2.62. The predicted octanol–water partition coefficient (Wildman–Crippen LogP) is 1.74. The van der Waals surface area contributed by atoms with Crippen LogP contribution in [0.15, 0.2) is 4.52 Å². The molecule has 0 saturated carbocycles. The summed E-state index contributed by atoms with van der Waals surface area (Å²) in [6.07, 6.45) is 1.17. The predicted molar refractivity (Wildman–Crippen MR) is 67.3 cm³/mol. The van der Waals surface area contributed by atoms with Crippen molar-refractivity contribution in [3.05, 3.63) is 11.7 Å². The van der Waals surface area contributed by atoms with Gasteiger partial charge in [0, 0.05) is 0 Å². The SMILES string of the molecule is CC(C)CCN(C)Cc1nc(C(C)(C)N)no1. The highest BCUT2D eigenvalue weighted by Gasteiger charge is 2.21. The van der Waals surface area contributed by atoms with Crippen molar-refractivity contribution in [3.63, 3.8) is 0 Å². The Morgan fingerprint density at radius 3 is 2.53 bits per heavy atom. The summed E-state index contributed by atoms with van der Waals surface area (Å²) < 4.78 is 5.19. The second-order valence-corrected chi connectivity index (χ2v) is 5.65. The fourth-order valence-corrected chi connectivity index (χ4v) is 1.37. The lowest BCUT2D eigenvalue weighted by Gasteiger charge is -2.15. The van der Waals surface area contributed by atoms with Crippen LogP contribution in [0.5, 0.6) is 0 Å². The van der Waals surface area contributed by atoms with Crippen LogP contribution in [0.3, 0.4) is 0 Å². The highest BCUT2D eigenvalue weighted by molar-refractivity contribution is 4.98. The first-order valence-electron chi connectivity index (χ1n) is 6.09. The summed E-state index contributed by atoms with van der Waals surface area (Å²) in [5.41, 5.74) is 5.36. The summed E-state index contributed by atoms with van der Waals surface area (Å²) in [5.74, 6) is 1.90. The molecule has 0 amide bonds. The van der Waals surface area contributed by atoms with Gasteiger partial charge in [0.1, 0.15) is 0 Å². The van der Waals surface area contributed by atoms with E-state index < -0.39 is 5.54 Å². The number of rotatable bonds is 6.